The third-order valence-corrected chi connectivity index (χ3v) is 6.95. The lowest BCUT2D eigenvalue weighted by Gasteiger charge is -2.30. The fourth-order valence-corrected chi connectivity index (χ4v) is 5.84. The second kappa shape index (κ2) is 8.49. The van der Waals surface area contributed by atoms with Crippen LogP contribution in [0.25, 0.3) is 10.8 Å². The number of nitrogens with zero attached hydrogens (tertiary/aromatic N) is 1. The summed E-state index contributed by atoms with van der Waals surface area (Å²) >= 11 is 1.60. The minimum absolute atomic E-state index is 0.167. The third-order valence-electron chi connectivity index (χ3n) is 5.75. The molecule has 0 aliphatic carbocycles. The van der Waals surface area contributed by atoms with Gasteiger partial charge >= 0.3 is 11.9 Å². The molecular formula is C23H22N2O5S. The van der Waals surface area contributed by atoms with Crippen molar-refractivity contribution in [1.29, 1.82) is 0 Å². The number of aliphatic carboxylic acids is 1. The molecule has 0 spiro atoms. The molecule has 3 heterocycles. The number of carboxylic acids is 2. The smallest absolute Gasteiger partial charge is 0.368 e. The van der Waals surface area contributed by atoms with Crippen LogP contribution in [0.15, 0.2) is 36.4 Å². The van der Waals surface area contributed by atoms with E-state index in [0.717, 1.165) is 36.6 Å². The summed E-state index contributed by atoms with van der Waals surface area (Å²) in [6.07, 6.45) is 0.740. The lowest BCUT2D eigenvalue weighted by atomic mass is 9.86. The molecule has 1 aromatic heterocycles. The van der Waals surface area contributed by atoms with Crippen LogP contribution >= 0.6 is 11.3 Å². The van der Waals surface area contributed by atoms with Crippen LogP contribution in [-0.2, 0) is 29.1 Å². The molecule has 2 aromatic carbocycles. The van der Waals surface area contributed by atoms with Crippen molar-refractivity contribution < 1.29 is 24.6 Å². The van der Waals surface area contributed by atoms with E-state index in [1.54, 1.807) is 11.3 Å². The molecule has 7 nitrogen and oxygen atoms in total. The minimum atomic E-state index is -1.43. The van der Waals surface area contributed by atoms with Gasteiger partial charge in [-0.05, 0) is 39.9 Å². The van der Waals surface area contributed by atoms with E-state index >= 15 is 0 Å². The Labute approximate surface area is 182 Å². The van der Waals surface area contributed by atoms with Gasteiger partial charge in [-0.25, -0.2) is 9.59 Å². The lowest BCUT2D eigenvalue weighted by Crippen LogP contribution is -2.31. The number of hydrogen-bond donors (Lipinski definition) is 3. The van der Waals surface area contributed by atoms with Gasteiger partial charge in [0.1, 0.15) is 5.00 Å². The number of carboxylic acid groups (broad SMARTS) is 2. The van der Waals surface area contributed by atoms with E-state index in [-0.39, 0.29) is 12.2 Å². The number of benzene rings is 2. The highest BCUT2D eigenvalue weighted by molar-refractivity contribution is 7.16. The van der Waals surface area contributed by atoms with Gasteiger partial charge in [-0.1, -0.05) is 30.3 Å². The molecule has 0 saturated carbocycles. The second-order valence-electron chi connectivity index (χ2n) is 7.69. The summed E-state index contributed by atoms with van der Waals surface area (Å²) < 4.78 is 0. The molecule has 2 aliphatic rings. The van der Waals surface area contributed by atoms with Crippen LogP contribution in [0.1, 0.15) is 37.8 Å². The minimum Gasteiger partial charge on any atom is -0.478 e. The first-order valence-corrected chi connectivity index (χ1v) is 10.7. The van der Waals surface area contributed by atoms with Crippen molar-refractivity contribution in [2.24, 2.45) is 0 Å². The summed E-state index contributed by atoms with van der Waals surface area (Å²) in [7, 11) is 1.81. The first-order chi connectivity index (χ1) is 14.9. The van der Waals surface area contributed by atoms with E-state index in [1.165, 1.54) is 26.8 Å². The number of thiophene rings is 1. The topological polar surface area (TPSA) is 107 Å². The molecule has 3 aromatic rings. The summed E-state index contributed by atoms with van der Waals surface area (Å²) in [4.78, 5) is 33.5. The molecule has 31 heavy (non-hydrogen) atoms. The average molecular weight is 439 g/mol. The van der Waals surface area contributed by atoms with Crippen LogP contribution in [0.5, 0.6) is 0 Å². The van der Waals surface area contributed by atoms with Gasteiger partial charge in [0.2, 0.25) is 6.29 Å². The molecule has 2 aliphatic heterocycles. The van der Waals surface area contributed by atoms with Crippen LogP contribution in [0.4, 0.5) is 5.00 Å². The highest BCUT2D eigenvalue weighted by Crippen LogP contribution is 2.45. The van der Waals surface area contributed by atoms with Crippen LogP contribution in [-0.4, -0.2) is 46.9 Å². The SMILES string of the molecule is CNc1sc2c(c1C(=O)O)C1Cc3cc4ccccc4cc3CN(C2)C1.O=CC(=O)O. The monoisotopic (exact) mass is 438 g/mol. The van der Waals surface area contributed by atoms with E-state index in [2.05, 4.69) is 46.6 Å². The van der Waals surface area contributed by atoms with E-state index in [9.17, 15) is 9.90 Å². The molecule has 8 heteroatoms. The van der Waals surface area contributed by atoms with Crippen molar-refractivity contribution in [2.45, 2.75) is 25.4 Å². The molecule has 2 unspecified atom stereocenters. The Bertz CT molecular complexity index is 1190. The third kappa shape index (κ3) is 4.04. The predicted molar refractivity (Wildman–Crippen MR) is 119 cm³/mol. The second-order valence-corrected chi connectivity index (χ2v) is 8.80. The Morgan fingerprint density at radius 1 is 1.13 bits per heavy atom. The number of aldehydes is 1. The number of fused-ring (bicyclic) bond motifs is 6. The molecule has 0 amide bonds. The average Bonchev–Trinajstić information content (AvgIpc) is 3.06. The van der Waals surface area contributed by atoms with Crippen molar-refractivity contribution in [3.05, 3.63) is 63.5 Å². The fourth-order valence-electron chi connectivity index (χ4n) is 4.56. The number of carbonyl (C=O) groups is 3. The zero-order valence-electron chi connectivity index (χ0n) is 16.9. The largest absolute Gasteiger partial charge is 0.478 e. The van der Waals surface area contributed by atoms with Crippen molar-refractivity contribution in [3.8, 4) is 0 Å². The molecular weight excluding hydrogens is 416 g/mol. The number of anilines is 1. The maximum Gasteiger partial charge on any atom is 0.368 e. The summed E-state index contributed by atoms with van der Waals surface area (Å²) in [5.74, 6) is -2.00. The summed E-state index contributed by atoms with van der Waals surface area (Å²) in [5.41, 5.74) is 4.29. The maximum atomic E-state index is 11.9. The highest BCUT2D eigenvalue weighted by atomic mass is 32.1. The standard InChI is InChI=1S/C21H20N2O2S.C2H2O3/c1-22-20-19(21(24)25)18-16-8-14-6-12-4-2-3-5-13(12)7-15(14)9-23(10-16)11-17(18)26-20;3-1-2(4)5/h2-7,16,22H,8-11H2,1H3,(H,24,25);1H,(H,4,5). The van der Waals surface area contributed by atoms with Crippen LogP contribution < -0.4 is 5.32 Å². The summed E-state index contributed by atoms with van der Waals surface area (Å²) in [6.45, 7) is 2.70. The van der Waals surface area contributed by atoms with Gasteiger partial charge in [0.25, 0.3) is 0 Å². The van der Waals surface area contributed by atoms with Crippen molar-refractivity contribution >= 4 is 45.3 Å². The van der Waals surface area contributed by atoms with Gasteiger partial charge in [0.05, 0.1) is 5.56 Å². The van der Waals surface area contributed by atoms with Crippen LogP contribution in [0, 0.1) is 0 Å². The van der Waals surface area contributed by atoms with Crippen LogP contribution in [0.2, 0.25) is 0 Å². The van der Waals surface area contributed by atoms with Gasteiger partial charge in [0, 0.05) is 37.5 Å². The Kier molecular flexibility index (Phi) is 5.75. The zero-order chi connectivity index (χ0) is 22.1. The van der Waals surface area contributed by atoms with E-state index in [1.807, 2.05) is 7.05 Å². The summed E-state index contributed by atoms with van der Waals surface area (Å²) in [5, 5.41) is 23.6. The maximum absolute atomic E-state index is 11.9. The fraction of sp³-hybridized carbons (Fsp3) is 0.261. The normalized spacial score (nSPS) is 18.6. The molecule has 160 valence electrons. The molecule has 0 radical (unpaired) electrons. The number of carbonyl (C=O) groups excluding carboxylic acids is 1. The molecule has 2 atom stereocenters. The first kappa shape index (κ1) is 21.0. The zero-order valence-corrected chi connectivity index (χ0v) is 17.7. The number of hydrogen-bond acceptors (Lipinski definition) is 6. The van der Waals surface area contributed by atoms with E-state index in [0.29, 0.717) is 5.56 Å². The van der Waals surface area contributed by atoms with Crippen LogP contribution in [0.3, 0.4) is 0 Å². The van der Waals surface area contributed by atoms with Crippen molar-refractivity contribution in [1.82, 2.24) is 4.90 Å². The molecule has 2 bridgehead atoms. The molecule has 5 rings (SSSR count). The van der Waals surface area contributed by atoms with Gasteiger partial charge in [-0.2, -0.15) is 0 Å². The highest BCUT2D eigenvalue weighted by Gasteiger charge is 2.36. The molecule has 3 N–H and O–H groups in total. The lowest BCUT2D eigenvalue weighted by molar-refractivity contribution is -0.143. The van der Waals surface area contributed by atoms with Gasteiger partial charge in [-0.3, -0.25) is 9.69 Å². The van der Waals surface area contributed by atoms with E-state index in [4.69, 9.17) is 14.7 Å². The predicted octanol–water partition coefficient (Wildman–Crippen LogP) is 3.57. The Morgan fingerprint density at radius 2 is 1.77 bits per heavy atom. The number of rotatable bonds is 3. The quantitative estimate of drug-likeness (QED) is 0.424. The Hall–Kier alpha value is -3.23. The van der Waals surface area contributed by atoms with Gasteiger partial charge in [0.15, 0.2) is 0 Å². The van der Waals surface area contributed by atoms with Crippen molar-refractivity contribution in [2.75, 3.05) is 18.9 Å². The number of aromatic carboxylic acids is 1. The molecule has 0 saturated heterocycles. The first-order valence-electron chi connectivity index (χ1n) is 9.88. The Balaban J connectivity index is 0.000000418. The Morgan fingerprint density at radius 3 is 2.35 bits per heavy atom. The van der Waals surface area contributed by atoms with Gasteiger partial charge < -0.3 is 15.5 Å². The number of nitrogens with one attached hydrogen (secondary N) is 1. The summed E-state index contributed by atoms with van der Waals surface area (Å²) in [6, 6.07) is 13.1. The van der Waals surface area contributed by atoms with E-state index < -0.39 is 11.9 Å². The van der Waals surface area contributed by atoms with Crippen molar-refractivity contribution in [3.63, 3.8) is 0 Å². The molecule has 0 fully saturated rings. The van der Waals surface area contributed by atoms with Gasteiger partial charge in [-0.15, -0.1) is 11.3 Å².